The molecule has 0 radical (unpaired) electrons. The van der Waals surface area contributed by atoms with E-state index in [4.69, 9.17) is 5.11 Å². The number of amides is 2. The molecule has 2 fully saturated rings. The number of carbonyl (C=O) groups excluding carboxylic acids is 1. The minimum atomic E-state index is -1.02. The van der Waals surface area contributed by atoms with Crippen LogP contribution in [-0.4, -0.2) is 53.2 Å². The minimum Gasteiger partial charge on any atom is -0.480 e. The van der Waals surface area contributed by atoms with Crippen LogP contribution in [0.5, 0.6) is 0 Å². The Labute approximate surface area is 113 Å². The molecule has 0 bridgehead atoms. The molecular formula is C13H23N3O3. The lowest BCUT2D eigenvalue weighted by atomic mass is 9.77. The second kappa shape index (κ2) is 5.77. The highest BCUT2D eigenvalue weighted by Crippen LogP contribution is 2.31. The summed E-state index contributed by atoms with van der Waals surface area (Å²) in [4.78, 5) is 25.2. The van der Waals surface area contributed by atoms with Crippen LogP contribution in [-0.2, 0) is 4.79 Å². The van der Waals surface area contributed by atoms with Crippen LogP contribution in [0.2, 0.25) is 0 Å². The molecule has 2 rings (SSSR count). The molecule has 0 heterocycles. The van der Waals surface area contributed by atoms with Gasteiger partial charge in [-0.05, 0) is 38.6 Å². The Kier molecular flexibility index (Phi) is 4.29. The summed E-state index contributed by atoms with van der Waals surface area (Å²) in [6, 6.07) is 0.320. The van der Waals surface area contributed by atoms with Crippen LogP contribution < -0.4 is 10.6 Å². The Morgan fingerprint density at radius 1 is 1.37 bits per heavy atom. The molecule has 2 aliphatic rings. The van der Waals surface area contributed by atoms with Crippen molar-refractivity contribution in [3.05, 3.63) is 0 Å². The third-order valence-corrected chi connectivity index (χ3v) is 4.12. The Morgan fingerprint density at radius 3 is 2.47 bits per heavy atom. The van der Waals surface area contributed by atoms with Crippen molar-refractivity contribution in [3.63, 3.8) is 0 Å². The smallest absolute Gasteiger partial charge is 0.329 e. The van der Waals surface area contributed by atoms with Gasteiger partial charge >= 0.3 is 12.0 Å². The Morgan fingerprint density at radius 2 is 2.05 bits per heavy atom. The number of carboxylic acids is 1. The second-order valence-electron chi connectivity index (χ2n) is 5.48. The molecule has 0 spiro atoms. The maximum absolute atomic E-state index is 11.7. The van der Waals surface area contributed by atoms with E-state index in [1.54, 1.807) is 0 Å². The van der Waals surface area contributed by atoms with E-state index in [1.807, 2.05) is 0 Å². The molecule has 2 aliphatic carbocycles. The molecule has 0 saturated heterocycles. The second-order valence-corrected chi connectivity index (χ2v) is 5.48. The van der Waals surface area contributed by atoms with Gasteiger partial charge < -0.3 is 15.7 Å². The first-order valence-corrected chi connectivity index (χ1v) is 7.11. The summed E-state index contributed by atoms with van der Waals surface area (Å²) in [6.45, 7) is 4.50. The van der Waals surface area contributed by atoms with Gasteiger partial charge in [-0.15, -0.1) is 0 Å². The SMILES string of the molecule is CCN(CCNC(=O)NC1(C(=O)O)CCC1)C1CC1. The lowest BCUT2D eigenvalue weighted by Gasteiger charge is -2.38. The van der Waals surface area contributed by atoms with Crippen molar-refractivity contribution in [1.29, 1.82) is 0 Å². The molecule has 0 aromatic heterocycles. The summed E-state index contributed by atoms with van der Waals surface area (Å²) in [5.41, 5.74) is -1.02. The van der Waals surface area contributed by atoms with Crippen LogP contribution in [0.1, 0.15) is 39.0 Å². The predicted octanol–water partition coefficient (Wildman–Crippen LogP) is 0.777. The molecule has 0 unspecified atom stereocenters. The first kappa shape index (κ1) is 14.1. The fourth-order valence-corrected chi connectivity index (χ4v) is 2.54. The molecule has 0 atom stereocenters. The topological polar surface area (TPSA) is 81.7 Å². The lowest BCUT2D eigenvalue weighted by molar-refractivity contribution is -0.148. The number of hydrogen-bond donors (Lipinski definition) is 3. The normalized spacial score (nSPS) is 20.7. The molecule has 0 aromatic rings. The fraction of sp³-hybridized carbons (Fsp3) is 0.846. The molecule has 0 aliphatic heterocycles. The molecular weight excluding hydrogens is 246 g/mol. The zero-order valence-electron chi connectivity index (χ0n) is 11.4. The van der Waals surface area contributed by atoms with E-state index < -0.39 is 11.5 Å². The fourth-order valence-electron chi connectivity index (χ4n) is 2.54. The van der Waals surface area contributed by atoms with Gasteiger partial charge in [-0.25, -0.2) is 9.59 Å². The van der Waals surface area contributed by atoms with Crippen LogP contribution in [0.15, 0.2) is 0 Å². The van der Waals surface area contributed by atoms with Gasteiger partial charge in [0.2, 0.25) is 0 Å². The van der Waals surface area contributed by atoms with E-state index in [0.29, 0.717) is 25.4 Å². The summed E-state index contributed by atoms with van der Waals surface area (Å²) < 4.78 is 0. The van der Waals surface area contributed by atoms with Crippen LogP contribution in [0, 0.1) is 0 Å². The number of rotatable bonds is 7. The monoisotopic (exact) mass is 269 g/mol. The maximum Gasteiger partial charge on any atom is 0.329 e. The zero-order valence-corrected chi connectivity index (χ0v) is 11.4. The van der Waals surface area contributed by atoms with E-state index in [2.05, 4.69) is 22.5 Å². The van der Waals surface area contributed by atoms with Crippen molar-refractivity contribution in [2.75, 3.05) is 19.6 Å². The van der Waals surface area contributed by atoms with Crippen molar-refractivity contribution in [2.45, 2.75) is 50.6 Å². The largest absolute Gasteiger partial charge is 0.480 e. The van der Waals surface area contributed by atoms with Gasteiger partial charge in [0, 0.05) is 19.1 Å². The number of hydrogen-bond acceptors (Lipinski definition) is 3. The highest BCUT2D eigenvalue weighted by molar-refractivity contribution is 5.87. The van der Waals surface area contributed by atoms with Gasteiger partial charge in [-0.3, -0.25) is 4.90 Å². The van der Waals surface area contributed by atoms with Crippen LogP contribution in [0.3, 0.4) is 0 Å². The Balaban J connectivity index is 1.68. The number of urea groups is 1. The summed E-state index contributed by atoms with van der Waals surface area (Å²) >= 11 is 0. The molecule has 2 amide bonds. The van der Waals surface area contributed by atoms with Gasteiger partial charge in [0.1, 0.15) is 5.54 Å². The average Bonchev–Trinajstić information content (AvgIpc) is 3.13. The molecule has 6 nitrogen and oxygen atoms in total. The highest BCUT2D eigenvalue weighted by Gasteiger charge is 2.45. The Bertz CT molecular complexity index is 351. The maximum atomic E-state index is 11.7. The third-order valence-electron chi connectivity index (χ3n) is 4.12. The van der Waals surface area contributed by atoms with Crippen molar-refractivity contribution in [3.8, 4) is 0 Å². The molecule has 108 valence electrons. The zero-order chi connectivity index (χ0) is 13.9. The molecule has 3 N–H and O–H groups in total. The number of carboxylic acid groups (broad SMARTS) is 1. The molecule has 19 heavy (non-hydrogen) atoms. The van der Waals surface area contributed by atoms with E-state index in [1.165, 1.54) is 12.8 Å². The number of likely N-dealkylation sites (N-methyl/N-ethyl adjacent to an activating group) is 1. The van der Waals surface area contributed by atoms with E-state index in [-0.39, 0.29) is 6.03 Å². The predicted molar refractivity (Wildman–Crippen MR) is 71.0 cm³/mol. The lowest BCUT2D eigenvalue weighted by Crippen LogP contribution is -2.61. The summed E-state index contributed by atoms with van der Waals surface area (Å²) in [7, 11) is 0. The highest BCUT2D eigenvalue weighted by atomic mass is 16.4. The molecule has 2 saturated carbocycles. The van der Waals surface area contributed by atoms with Crippen LogP contribution in [0.4, 0.5) is 4.79 Å². The quantitative estimate of drug-likeness (QED) is 0.638. The first-order valence-electron chi connectivity index (χ1n) is 7.11. The van der Waals surface area contributed by atoms with Crippen molar-refractivity contribution in [2.24, 2.45) is 0 Å². The molecule has 6 heteroatoms. The Hall–Kier alpha value is -1.30. The molecule has 0 aromatic carbocycles. The van der Waals surface area contributed by atoms with Gasteiger partial charge in [0.05, 0.1) is 0 Å². The van der Waals surface area contributed by atoms with E-state index >= 15 is 0 Å². The van der Waals surface area contributed by atoms with E-state index in [0.717, 1.165) is 19.5 Å². The number of nitrogens with zero attached hydrogens (tertiary/aromatic N) is 1. The standard InChI is InChI=1S/C13H23N3O3/c1-2-16(10-4-5-10)9-8-14-12(19)15-13(11(17)18)6-3-7-13/h10H,2-9H2,1H3,(H,17,18)(H2,14,15,19). The van der Waals surface area contributed by atoms with Gasteiger partial charge in [0.25, 0.3) is 0 Å². The van der Waals surface area contributed by atoms with Crippen molar-refractivity contribution >= 4 is 12.0 Å². The summed E-state index contributed by atoms with van der Waals surface area (Å²) in [6.07, 6.45) is 4.42. The summed E-state index contributed by atoms with van der Waals surface area (Å²) in [5, 5.41) is 14.5. The third kappa shape index (κ3) is 3.37. The van der Waals surface area contributed by atoms with Crippen molar-refractivity contribution in [1.82, 2.24) is 15.5 Å². The van der Waals surface area contributed by atoms with E-state index in [9.17, 15) is 9.59 Å². The number of carbonyl (C=O) groups is 2. The van der Waals surface area contributed by atoms with Crippen LogP contribution >= 0.6 is 0 Å². The van der Waals surface area contributed by atoms with Gasteiger partial charge in [-0.1, -0.05) is 6.92 Å². The number of nitrogens with one attached hydrogen (secondary N) is 2. The van der Waals surface area contributed by atoms with Crippen LogP contribution in [0.25, 0.3) is 0 Å². The van der Waals surface area contributed by atoms with Gasteiger partial charge in [0.15, 0.2) is 0 Å². The van der Waals surface area contributed by atoms with Crippen molar-refractivity contribution < 1.29 is 14.7 Å². The first-order chi connectivity index (χ1) is 9.07. The summed E-state index contributed by atoms with van der Waals surface area (Å²) in [5.74, 6) is -0.929. The number of aliphatic carboxylic acids is 1. The minimum absolute atomic E-state index is 0.367. The van der Waals surface area contributed by atoms with Gasteiger partial charge in [-0.2, -0.15) is 0 Å². The average molecular weight is 269 g/mol.